The standard InChI is InChI=1S/B.Bi.Co.Cs.Fe.Mo.O.Sb.W. The van der Waals surface area contributed by atoms with Gasteiger partial charge in [-0.25, -0.2) is 0 Å². The molecule has 0 aliphatic rings. The van der Waals surface area contributed by atoms with E-state index in [0.717, 1.165) is 0 Å². The van der Waals surface area contributed by atoms with Gasteiger partial charge in [-0.05, 0) is 0 Å². The zero-order chi connectivity index (χ0) is 2.00. The van der Waals surface area contributed by atoms with Gasteiger partial charge in [0.05, 0.1) is 0 Å². The van der Waals surface area contributed by atoms with Crippen molar-refractivity contribution in [3.63, 3.8) is 0 Å². The summed E-state index contributed by atoms with van der Waals surface area (Å²) in [6, 6.07) is 0. The normalized spacial score (nSPS) is 0.444. The summed E-state index contributed by atoms with van der Waals surface area (Å²) in [5.41, 5.74) is 0. The van der Waals surface area contributed by atoms with Gasteiger partial charge in [-0.3, -0.25) is 0 Å². The molecule has 0 heterocycles. The van der Waals surface area contributed by atoms with E-state index in [1.807, 2.05) is 0 Å². The summed E-state index contributed by atoms with van der Waals surface area (Å²) in [6.07, 6.45) is 0. The maximum absolute atomic E-state index is 8.33. The van der Waals surface area contributed by atoms with Crippen molar-refractivity contribution in [2.75, 3.05) is 0 Å². The average Bonchev–Trinajstić information content (AvgIpc) is 1.00. The number of hydrogen-bond donors (Lipinski definition) is 0. The summed E-state index contributed by atoms with van der Waals surface area (Å²) in [4.78, 5) is 0. The summed E-state index contributed by atoms with van der Waals surface area (Å²) in [5, 5.41) is 0. The molecule has 0 aliphatic heterocycles. The molecule has 0 N–H and O–H groups in total. The summed E-state index contributed by atoms with van der Waals surface area (Å²) < 4.78 is 8.33. The quantitative estimate of drug-likeness (QED) is 0.267. The van der Waals surface area contributed by atoms with Crippen LogP contribution in [0.4, 0.5) is 0 Å². The van der Waals surface area contributed by atoms with Crippen molar-refractivity contribution >= 4 is 128 Å². The van der Waals surface area contributed by atoms with E-state index >= 15 is 0 Å². The summed E-state index contributed by atoms with van der Waals surface area (Å²) in [5.74, 6) is 0. The third-order valence-electron chi connectivity index (χ3n) is 0. The van der Waals surface area contributed by atoms with E-state index in [9.17, 15) is 0 Å². The average molecular weight is 885 g/mol. The fourth-order valence-electron chi connectivity index (χ4n) is 0. The molecule has 0 unspecified atom stereocenters. The molecule has 49 valence electrons. The second-order valence-corrected chi connectivity index (χ2v) is 0. The minimum atomic E-state index is 0. The molecule has 0 spiro atoms. The molecule has 0 saturated carbocycles. The fourth-order valence-corrected chi connectivity index (χ4v) is 0. The minimum absolute atomic E-state index is 0. The Kier molecular flexibility index (Phi) is 436. The summed E-state index contributed by atoms with van der Waals surface area (Å²) in [7, 11) is 0. The molecule has 11 radical (unpaired) electrons. The minimum Gasteiger partial charge on any atom is 0 e. The molecule has 0 aromatic rings. The molecule has 0 aromatic carbocycles. The van der Waals surface area contributed by atoms with Gasteiger partial charge < -0.3 is 0 Å². The predicted molar refractivity (Wildman–Crippen MR) is 23.7 cm³/mol. The number of rotatable bonds is 0. The largest absolute Gasteiger partial charge is 0 e. The van der Waals surface area contributed by atoms with Crippen molar-refractivity contribution in [3.05, 3.63) is 0 Å². The number of hydrogen-bond acceptors (Lipinski definition) is 1. The van der Waals surface area contributed by atoms with Crippen LogP contribution < -0.4 is 0 Å². The van der Waals surface area contributed by atoms with Gasteiger partial charge in [0.1, 0.15) is 0 Å². The van der Waals surface area contributed by atoms with Crippen LogP contribution in [0, 0.1) is 0 Å². The molecular weight excluding hydrogens is 885 g/mol. The Hall–Kier alpha value is 6.02. The van der Waals surface area contributed by atoms with Crippen molar-refractivity contribution in [2.45, 2.75) is 0 Å². The van der Waals surface area contributed by atoms with Crippen LogP contribution in [-0.4, -0.2) is 128 Å². The molecule has 0 bridgehead atoms. The molecular formula is BBiCoCsFeMoOSbW. The zero-order valence-corrected chi connectivity index (χ0v) is 23.8. The zero-order valence-electron chi connectivity index (χ0n) is 4.38. The molecule has 0 rings (SSSR count). The Labute approximate surface area is 200 Å². The first-order valence-corrected chi connectivity index (χ1v) is 1.36. The summed E-state index contributed by atoms with van der Waals surface area (Å²) in [6.45, 7) is 0. The van der Waals surface area contributed by atoms with E-state index in [2.05, 4.69) is 0 Å². The Bertz CT molecular complexity index is 28.5. The van der Waals surface area contributed by atoms with E-state index in [0.29, 0.717) is 19.8 Å². The van der Waals surface area contributed by atoms with Crippen molar-refractivity contribution < 1.29 is 78.1 Å². The molecule has 0 aromatic heterocycles. The van der Waals surface area contributed by atoms with Crippen LogP contribution in [0.2, 0.25) is 0 Å². The van der Waals surface area contributed by atoms with Crippen LogP contribution in [-0.2, 0) is 78.1 Å². The van der Waals surface area contributed by atoms with Crippen LogP contribution in [0.1, 0.15) is 0 Å². The van der Waals surface area contributed by atoms with Crippen LogP contribution >= 0.6 is 0 Å². The van der Waals surface area contributed by atoms with Gasteiger partial charge in [-0.2, -0.15) is 0 Å². The maximum Gasteiger partial charge on any atom is 0 e. The van der Waals surface area contributed by atoms with E-state index in [4.69, 9.17) is 3.40 Å². The van der Waals surface area contributed by atoms with E-state index in [1.54, 1.807) is 0 Å². The van der Waals surface area contributed by atoms with Gasteiger partial charge in [0, 0.05) is 183 Å². The smallest absolute Gasteiger partial charge is 0 e. The van der Waals surface area contributed by atoms with Crippen molar-refractivity contribution in [1.82, 2.24) is 0 Å². The second kappa shape index (κ2) is 65.6. The third-order valence-corrected chi connectivity index (χ3v) is 0. The van der Waals surface area contributed by atoms with Gasteiger partial charge in [-0.1, -0.05) is 0 Å². The van der Waals surface area contributed by atoms with E-state index in [-0.39, 0.29) is 183 Å². The second-order valence-electron chi connectivity index (χ2n) is 0. The van der Waals surface area contributed by atoms with E-state index < -0.39 is 0 Å². The first kappa shape index (κ1) is 59.9. The molecule has 0 amide bonds. The van der Waals surface area contributed by atoms with Crippen LogP contribution in [0.5, 0.6) is 0 Å². The molecule has 0 atom stereocenters. The van der Waals surface area contributed by atoms with Crippen LogP contribution in [0.15, 0.2) is 0 Å². The van der Waals surface area contributed by atoms with Crippen LogP contribution in [0.25, 0.3) is 0 Å². The van der Waals surface area contributed by atoms with Gasteiger partial charge in [0.2, 0.25) is 0 Å². The topological polar surface area (TPSA) is 17.1 Å². The summed E-state index contributed by atoms with van der Waals surface area (Å²) >= 11 is 0.333. The monoisotopic (exact) mass is 887 g/mol. The van der Waals surface area contributed by atoms with Crippen molar-refractivity contribution in [2.24, 2.45) is 0 Å². The molecule has 0 fully saturated rings. The van der Waals surface area contributed by atoms with Gasteiger partial charge in [0.25, 0.3) is 0 Å². The van der Waals surface area contributed by atoms with E-state index in [1.165, 1.54) is 0 Å². The van der Waals surface area contributed by atoms with Gasteiger partial charge in [0.15, 0.2) is 0 Å². The third kappa shape index (κ3) is 55.9. The van der Waals surface area contributed by atoms with Crippen LogP contribution in [0.3, 0.4) is 0 Å². The maximum atomic E-state index is 8.33. The first-order valence-electron chi connectivity index (χ1n) is 0.167. The van der Waals surface area contributed by atoms with Crippen molar-refractivity contribution in [1.29, 1.82) is 0 Å². The molecule has 9 heteroatoms. The molecule has 0 saturated heterocycles. The Morgan fingerprint density at radius 3 is 1.11 bits per heavy atom. The Morgan fingerprint density at radius 1 is 1.11 bits per heavy atom. The predicted octanol–water partition coefficient (Wildman–Crippen LogP) is -1.65. The van der Waals surface area contributed by atoms with Crippen molar-refractivity contribution in [3.8, 4) is 0 Å². The molecule has 0 aliphatic carbocycles. The first-order chi connectivity index (χ1) is 1.00. The van der Waals surface area contributed by atoms with Gasteiger partial charge >= 0.3 is 23.2 Å². The Balaban J connectivity index is -0.000000000238. The molecule has 1 nitrogen and oxygen atoms in total. The molecule has 9 heavy (non-hydrogen) atoms. The fraction of sp³-hybridized carbons (Fsp3) is 0. The van der Waals surface area contributed by atoms with Gasteiger partial charge in [-0.15, -0.1) is 0 Å². The SMILES string of the molecule is [B].[Bi].[Co].[Cs].[Fe].[Mo].[O]=[W].[Sb]. The Morgan fingerprint density at radius 2 is 1.11 bits per heavy atom.